The van der Waals surface area contributed by atoms with E-state index in [0.717, 1.165) is 5.56 Å². The van der Waals surface area contributed by atoms with Gasteiger partial charge >= 0.3 is 12.1 Å². The predicted molar refractivity (Wildman–Crippen MR) is 141 cm³/mol. The molecule has 0 aliphatic carbocycles. The molecule has 8 heteroatoms. The number of nitrogens with zero attached hydrogens (tertiary/aromatic N) is 1. The molecule has 2 atom stereocenters. The Morgan fingerprint density at radius 1 is 1.06 bits per heavy atom. The van der Waals surface area contributed by atoms with Gasteiger partial charge in [-0.25, -0.2) is 9.59 Å². The number of hydrogen-bond donors (Lipinski definition) is 1. The summed E-state index contributed by atoms with van der Waals surface area (Å²) in [6.07, 6.45) is 1.06. The molecule has 36 heavy (non-hydrogen) atoms. The minimum Gasteiger partial charge on any atom is -0.497 e. The van der Waals surface area contributed by atoms with Crippen LogP contribution in [-0.2, 0) is 24.5 Å². The molecular weight excluding hydrogens is 460 g/mol. The van der Waals surface area contributed by atoms with Crippen LogP contribution in [0.2, 0.25) is 0 Å². The Bertz CT molecular complexity index is 928. The number of alkyl carbamates (subject to hydrolysis) is 1. The lowest BCUT2D eigenvalue weighted by Gasteiger charge is -2.39. The van der Waals surface area contributed by atoms with Crippen LogP contribution in [0, 0.1) is 5.92 Å². The van der Waals surface area contributed by atoms with E-state index in [2.05, 4.69) is 5.32 Å². The predicted octanol–water partition coefficient (Wildman–Crippen LogP) is 4.86. The van der Waals surface area contributed by atoms with Crippen molar-refractivity contribution < 1.29 is 28.6 Å². The van der Waals surface area contributed by atoms with Crippen LogP contribution in [0.5, 0.6) is 5.75 Å². The molecule has 0 bridgehead atoms. The number of amides is 2. The van der Waals surface area contributed by atoms with Gasteiger partial charge < -0.3 is 24.4 Å². The number of carbonyl (C=O) groups is 3. The van der Waals surface area contributed by atoms with Crippen LogP contribution in [-0.4, -0.2) is 61.3 Å². The van der Waals surface area contributed by atoms with Gasteiger partial charge in [-0.15, -0.1) is 0 Å². The van der Waals surface area contributed by atoms with Gasteiger partial charge in [-0.1, -0.05) is 45.9 Å². The van der Waals surface area contributed by atoms with Crippen LogP contribution in [0.1, 0.15) is 67.9 Å². The van der Waals surface area contributed by atoms with E-state index in [0.29, 0.717) is 11.3 Å². The molecular formula is C28H44N2O6. The normalized spacial score (nSPS) is 14.1. The van der Waals surface area contributed by atoms with Gasteiger partial charge in [0.25, 0.3) is 0 Å². The number of rotatable bonds is 10. The van der Waals surface area contributed by atoms with Crippen molar-refractivity contribution in [1.82, 2.24) is 10.2 Å². The van der Waals surface area contributed by atoms with Gasteiger partial charge in [0, 0.05) is 18.0 Å². The smallest absolute Gasteiger partial charge is 0.408 e. The minimum atomic E-state index is -0.955. The maximum atomic E-state index is 14.0. The average Bonchev–Trinajstić information content (AvgIpc) is 2.78. The molecule has 1 rings (SSSR count). The summed E-state index contributed by atoms with van der Waals surface area (Å²) >= 11 is 0. The molecule has 202 valence electrons. The molecule has 2 amide bonds. The van der Waals surface area contributed by atoms with Gasteiger partial charge in [0.1, 0.15) is 17.4 Å². The molecule has 1 N–H and O–H groups in total. The Morgan fingerprint density at radius 2 is 1.61 bits per heavy atom. The van der Waals surface area contributed by atoms with Crippen molar-refractivity contribution in [2.24, 2.45) is 5.92 Å². The second-order valence-corrected chi connectivity index (χ2v) is 10.8. The molecule has 0 aromatic heterocycles. The van der Waals surface area contributed by atoms with E-state index < -0.39 is 35.2 Å². The third kappa shape index (κ3) is 8.57. The van der Waals surface area contributed by atoms with Crippen LogP contribution in [0.4, 0.5) is 4.79 Å². The topological polar surface area (TPSA) is 94.2 Å². The average molecular weight is 505 g/mol. The summed E-state index contributed by atoms with van der Waals surface area (Å²) in [5.41, 5.74) is -0.282. The molecule has 1 aromatic carbocycles. The molecule has 0 unspecified atom stereocenters. The van der Waals surface area contributed by atoms with Gasteiger partial charge in [0.15, 0.2) is 0 Å². The molecule has 0 radical (unpaired) electrons. The Morgan fingerprint density at radius 3 is 2.06 bits per heavy atom. The molecule has 0 saturated carbocycles. The zero-order valence-corrected chi connectivity index (χ0v) is 23.7. The Kier molecular flexibility index (Phi) is 11.0. The fourth-order valence-electron chi connectivity index (χ4n) is 3.83. The first-order valence-corrected chi connectivity index (χ1v) is 12.3. The molecule has 8 nitrogen and oxygen atoms in total. The fourth-order valence-corrected chi connectivity index (χ4v) is 3.83. The highest BCUT2D eigenvalue weighted by atomic mass is 16.6. The zero-order valence-electron chi connectivity index (χ0n) is 23.7. The maximum Gasteiger partial charge on any atom is 0.408 e. The Hall–Kier alpha value is -3.03. The summed E-state index contributed by atoms with van der Waals surface area (Å²) in [6, 6.07) is 6.03. The van der Waals surface area contributed by atoms with E-state index in [9.17, 15) is 14.4 Å². The molecule has 0 saturated heterocycles. The summed E-state index contributed by atoms with van der Waals surface area (Å²) in [7, 11) is 3.26. The van der Waals surface area contributed by atoms with Crippen molar-refractivity contribution in [3.05, 3.63) is 41.5 Å². The summed E-state index contributed by atoms with van der Waals surface area (Å²) < 4.78 is 15.9. The molecule has 0 spiro atoms. The van der Waals surface area contributed by atoms with Crippen molar-refractivity contribution in [2.75, 3.05) is 20.8 Å². The third-order valence-corrected chi connectivity index (χ3v) is 5.96. The van der Waals surface area contributed by atoms with Crippen LogP contribution in [0.3, 0.4) is 0 Å². The summed E-state index contributed by atoms with van der Waals surface area (Å²) in [5, 5.41) is 2.82. The summed E-state index contributed by atoms with van der Waals surface area (Å²) in [6.45, 7) is 16.7. The molecule has 1 aromatic rings. The molecule has 0 aliphatic heterocycles. The first-order chi connectivity index (χ1) is 16.5. The molecule has 0 aliphatic rings. The van der Waals surface area contributed by atoms with Crippen molar-refractivity contribution in [1.29, 1.82) is 0 Å². The number of nitrogens with one attached hydrogen (secondary N) is 1. The molecule has 0 fully saturated rings. The number of esters is 1. The number of carbonyl (C=O) groups excluding carboxylic acids is 3. The lowest BCUT2D eigenvalue weighted by Crippen LogP contribution is -2.59. The van der Waals surface area contributed by atoms with Gasteiger partial charge in [0.2, 0.25) is 5.91 Å². The summed E-state index contributed by atoms with van der Waals surface area (Å²) in [5.74, 6) is -0.0528. The second-order valence-electron chi connectivity index (χ2n) is 10.8. The van der Waals surface area contributed by atoms with Gasteiger partial charge in [-0.3, -0.25) is 4.79 Å². The van der Waals surface area contributed by atoms with Crippen LogP contribution < -0.4 is 10.1 Å². The van der Waals surface area contributed by atoms with E-state index in [1.54, 1.807) is 59.8 Å². The monoisotopic (exact) mass is 504 g/mol. The number of hydrogen-bond acceptors (Lipinski definition) is 6. The Labute approximate surface area is 216 Å². The highest BCUT2D eigenvalue weighted by Crippen LogP contribution is 2.31. The third-order valence-electron chi connectivity index (χ3n) is 5.96. The van der Waals surface area contributed by atoms with E-state index in [4.69, 9.17) is 14.2 Å². The van der Waals surface area contributed by atoms with Gasteiger partial charge in [-0.2, -0.15) is 0 Å². The van der Waals surface area contributed by atoms with E-state index >= 15 is 0 Å². The fraction of sp³-hybridized carbons (Fsp3) is 0.607. The summed E-state index contributed by atoms with van der Waals surface area (Å²) in [4.78, 5) is 40.6. The van der Waals surface area contributed by atoms with Crippen LogP contribution >= 0.6 is 0 Å². The quantitative estimate of drug-likeness (QED) is 0.361. The number of methoxy groups -OCH3 is 1. The highest BCUT2D eigenvalue weighted by molar-refractivity contribution is 5.89. The number of ether oxygens (including phenoxy) is 3. The van der Waals surface area contributed by atoms with E-state index in [-0.39, 0.29) is 18.4 Å². The van der Waals surface area contributed by atoms with Crippen LogP contribution in [0.15, 0.2) is 35.9 Å². The first kappa shape index (κ1) is 31.0. The highest BCUT2D eigenvalue weighted by Gasteiger charge is 2.41. The largest absolute Gasteiger partial charge is 0.497 e. The first-order valence-electron chi connectivity index (χ1n) is 12.3. The number of likely N-dealkylation sites (N-methyl/N-ethyl adjacent to an activating group) is 1. The second kappa shape index (κ2) is 12.8. The van der Waals surface area contributed by atoms with Crippen molar-refractivity contribution >= 4 is 18.0 Å². The van der Waals surface area contributed by atoms with Crippen molar-refractivity contribution in [3.8, 4) is 5.75 Å². The van der Waals surface area contributed by atoms with Crippen molar-refractivity contribution in [2.45, 2.75) is 85.4 Å². The van der Waals surface area contributed by atoms with Gasteiger partial charge in [0.05, 0.1) is 19.8 Å². The molecule has 0 heterocycles. The zero-order chi connectivity index (χ0) is 27.8. The van der Waals surface area contributed by atoms with E-state index in [1.807, 2.05) is 52.0 Å². The van der Waals surface area contributed by atoms with Crippen LogP contribution in [0.25, 0.3) is 0 Å². The standard InChI is InChI=1S/C28H44N2O6/c1-12-35-25(32)19(4)17-22(18(2)3)30(10)24(31)23(29-26(33)36-27(5,6)7)28(8,9)20-13-15-21(34-11)16-14-20/h13-18,22-23H,12H2,1-11H3,(H,29,33)/b19-17+/t22-,23+/m0/s1. The Balaban J connectivity index is 3.46. The minimum absolute atomic E-state index is 0.00500. The SMILES string of the molecule is CCOC(=O)/C(C)=C/[C@@H](C(C)C)N(C)C(=O)[C@@H](NC(=O)OC(C)(C)C)C(C)(C)c1ccc(OC)cc1. The lowest BCUT2D eigenvalue weighted by atomic mass is 9.76. The lowest BCUT2D eigenvalue weighted by molar-refractivity contribution is -0.139. The van der Waals surface area contributed by atoms with Crippen molar-refractivity contribution in [3.63, 3.8) is 0 Å². The van der Waals surface area contributed by atoms with Gasteiger partial charge in [-0.05, 0) is 58.2 Å². The maximum absolute atomic E-state index is 14.0. The van der Waals surface area contributed by atoms with E-state index in [1.165, 1.54) is 0 Å². The number of benzene rings is 1.